The molecule has 5 nitrogen and oxygen atoms in total. The first-order valence-corrected chi connectivity index (χ1v) is 7.06. The number of rotatable bonds is 4. The quantitative estimate of drug-likeness (QED) is 0.899. The minimum atomic E-state index is -0.242. The lowest BCUT2D eigenvalue weighted by Gasteiger charge is -2.16. The first kappa shape index (κ1) is 14.6. The predicted octanol–water partition coefficient (Wildman–Crippen LogP) is 3.31. The van der Waals surface area contributed by atoms with E-state index in [0.29, 0.717) is 12.2 Å². The van der Waals surface area contributed by atoms with Gasteiger partial charge in [0.2, 0.25) is 0 Å². The maximum Gasteiger partial charge on any atom is 0.315 e. The van der Waals surface area contributed by atoms with Crippen LogP contribution in [0.3, 0.4) is 0 Å². The second-order valence-electron chi connectivity index (χ2n) is 4.50. The highest BCUT2D eigenvalue weighted by Gasteiger charge is 2.12. The zero-order chi connectivity index (χ0) is 14.5. The van der Waals surface area contributed by atoms with Crippen LogP contribution in [0.25, 0.3) is 0 Å². The Labute approximate surface area is 125 Å². The second kappa shape index (κ2) is 6.56. The average molecular weight is 338 g/mol. The first-order valence-electron chi connectivity index (χ1n) is 6.27. The summed E-state index contributed by atoms with van der Waals surface area (Å²) in [4.78, 5) is 11.8. The number of urea groups is 1. The Morgan fingerprint density at radius 2 is 2.20 bits per heavy atom. The van der Waals surface area contributed by atoms with Crippen LogP contribution in [0.2, 0.25) is 0 Å². The zero-order valence-electron chi connectivity index (χ0n) is 11.3. The van der Waals surface area contributed by atoms with Crippen molar-refractivity contribution in [3.63, 3.8) is 0 Å². The van der Waals surface area contributed by atoms with Crippen LogP contribution >= 0.6 is 15.9 Å². The third-order valence-electron chi connectivity index (χ3n) is 2.83. The summed E-state index contributed by atoms with van der Waals surface area (Å²) in [6.45, 7) is 4.08. The number of carbonyl (C=O) groups excluding carboxylic acids is 1. The van der Waals surface area contributed by atoms with E-state index in [1.807, 2.05) is 38.1 Å². The van der Waals surface area contributed by atoms with Gasteiger partial charge in [-0.05, 0) is 25.5 Å². The fraction of sp³-hybridized carbons (Fsp3) is 0.286. The van der Waals surface area contributed by atoms with E-state index in [0.717, 1.165) is 15.8 Å². The molecule has 1 atom stereocenters. The molecule has 2 rings (SSSR count). The molecule has 6 heteroatoms. The van der Waals surface area contributed by atoms with Crippen LogP contribution in [-0.2, 0) is 6.54 Å². The fourth-order valence-electron chi connectivity index (χ4n) is 1.82. The summed E-state index contributed by atoms with van der Waals surface area (Å²) in [7, 11) is 0. The van der Waals surface area contributed by atoms with E-state index in [1.165, 1.54) is 0 Å². The number of aryl methyl sites for hydroxylation is 1. The van der Waals surface area contributed by atoms with Crippen molar-refractivity contribution < 1.29 is 9.32 Å². The lowest BCUT2D eigenvalue weighted by molar-refractivity contribution is 0.237. The number of hydrogen-bond donors (Lipinski definition) is 2. The van der Waals surface area contributed by atoms with Gasteiger partial charge in [0.15, 0.2) is 0 Å². The van der Waals surface area contributed by atoms with E-state index in [2.05, 4.69) is 31.7 Å². The molecule has 1 aromatic carbocycles. The summed E-state index contributed by atoms with van der Waals surface area (Å²) in [5, 5.41) is 9.43. The van der Waals surface area contributed by atoms with Gasteiger partial charge in [-0.1, -0.05) is 39.3 Å². The molecule has 0 saturated heterocycles. The lowest BCUT2D eigenvalue weighted by atomic mass is 10.1. The van der Waals surface area contributed by atoms with Crippen molar-refractivity contribution in [2.24, 2.45) is 0 Å². The molecule has 0 spiro atoms. The predicted molar refractivity (Wildman–Crippen MR) is 79.2 cm³/mol. The van der Waals surface area contributed by atoms with E-state index in [9.17, 15) is 4.79 Å². The van der Waals surface area contributed by atoms with Crippen molar-refractivity contribution in [2.75, 3.05) is 0 Å². The zero-order valence-corrected chi connectivity index (χ0v) is 12.9. The summed E-state index contributed by atoms with van der Waals surface area (Å²) in [5.74, 6) is 0.726. The summed E-state index contributed by atoms with van der Waals surface area (Å²) in [5.41, 5.74) is 1.73. The largest absolute Gasteiger partial charge is 0.361 e. The number of nitrogens with one attached hydrogen (secondary N) is 2. The average Bonchev–Trinajstić information content (AvgIpc) is 2.82. The van der Waals surface area contributed by atoms with Crippen LogP contribution in [0.15, 0.2) is 39.3 Å². The third kappa shape index (κ3) is 3.84. The molecule has 20 heavy (non-hydrogen) atoms. The molecule has 0 fully saturated rings. The van der Waals surface area contributed by atoms with E-state index >= 15 is 0 Å². The summed E-state index contributed by atoms with van der Waals surface area (Å²) >= 11 is 3.47. The van der Waals surface area contributed by atoms with Gasteiger partial charge >= 0.3 is 6.03 Å². The highest BCUT2D eigenvalue weighted by Crippen LogP contribution is 2.22. The topological polar surface area (TPSA) is 67.2 Å². The van der Waals surface area contributed by atoms with Crippen molar-refractivity contribution in [1.82, 2.24) is 15.8 Å². The molecule has 1 aromatic heterocycles. The van der Waals surface area contributed by atoms with Crippen LogP contribution in [0, 0.1) is 6.92 Å². The Bertz CT molecular complexity index is 598. The number of carbonyl (C=O) groups is 1. The van der Waals surface area contributed by atoms with Gasteiger partial charge in [-0.3, -0.25) is 0 Å². The van der Waals surface area contributed by atoms with Crippen molar-refractivity contribution in [2.45, 2.75) is 26.4 Å². The standard InChI is InChI=1S/C14H16BrN3O2/c1-9-7-11(18-20-9)8-16-14(19)17-10(2)12-5-3-4-6-13(12)15/h3-7,10H,8H2,1-2H3,(H2,16,17,19)/t10-/m0/s1. The molecule has 0 unspecified atom stereocenters. The van der Waals surface area contributed by atoms with Gasteiger partial charge in [-0.2, -0.15) is 0 Å². The Morgan fingerprint density at radius 3 is 2.85 bits per heavy atom. The second-order valence-corrected chi connectivity index (χ2v) is 5.35. The summed E-state index contributed by atoms with van der Waals surface area (Å²) in [6.07, 6.45) is 0. The highest BCUT2D eigenvalue weighted by atomic mass is 79.9. The molecule has 2 aromatic rings. The fourth-order valence-corrected chi connectivity index (χ4v) is 2.45. The summed E-state index contributed by atoms with van der Waals surface area (Å²) < 4.78 is 5.91. The van der Waals surface area contributed by atoms with Crippen LogP contribution in [0.4, 0.5) is 4.79 Å². The SMILES string of the molecule is Cc1cc(CNC(=O)N[C@@H](C)c2ccccc2Br)no1. The van der Waals surface area contributed by atoms with Crippen molar-refractivity contribution in [3.8, 4) is 0 Å². The van der Waals surface area contributed by atoms with Gasteiger partial charge in [0.05, 0.1) is 12.6 Å². The Hall–Kier alpha value is -1.82. The molecule has 2 N–H and O–H groups in total. The number of nitrogens with zero attached hydrogens (tertiary/aromatic N) is 1. The number of halogens is 1. The lowest BCUT2D eigenvalue weighted by Crippen LogP contribution is -2.36. The summed E-state index contributed by atoms with van der Waals surface area (Å²) in [6, 6.07) is 9.25. The number of amides is 2. The van der Waals surface area contributed by atoms with Crippen molar-refractivity contribution in [3.05, 3.63) is 51.8 Å². The van der Waals surface area contributed by atoms with Crippen LogP contribution in [-0.4, -0.2) is 11.2 Å². The normalized spacial score (nSPS) is 11.9. The third-order valence-corrected chi connectivity index (χ3v) is 3.55. The molecule has 0 aliphatic carbocycles. The van der Waals surface area contributed by atoms with Gasteiger partial charge in [-0.15, -0.1) is 0 Å². The van der Waals surface area contributed by atoms with E-state index in [1.54, 1.807) is 6.07 Å². The van der Waals surface area contributed by atoms with Crippen LogP contribution < -0.4 is 10.6 Å². The van der Waals surface area contributed by atoms with Crippen LogP contribution in [0.5, 0.6) is 0 Å². The Kier molecular flexibility index (Phi) is 4.79. The Morgan fingerprint density at radius 1 is 1.45 bits per heavy atom. The smallest absolute Gasteiger partial charge is 0.315 e. The van der Waals surface area contributed by atoms with E-state index < -0.39 is 0 Å². The monoisotopic (exact) mass is 337 g/mol. The molecular formula is C14H16BrN3O2. The molecule has 1 heterocycles. The van der Waals surface area contributed by atoms with E-state index in [-0.39, 0.29) is 12.1 Å². The van der Waals surface area contributed by atoms with E-state index in [4.69, 9.17) is 4.52 Å². The molecule has 0 aliphatic heterocycles. The van der Waals surface area contributed by atoms with Gasteiger partial charge in [0.1, 0.15) is 11.5 Å². The number of benzene rings is 1. The molecule has 0 radical (unpaired) electrons. The molecule has 0 saturated carbocycles. The maximum atomic E-state index is 11.8. The minimum Gasteiger partial charge on any atom is -0.361 e. The molecule has 0 aliphatic rings. The molecule has 0 bridgehead atoms. The van der Waals surface area contributed by atoms with Crippen LogP contribution in [0.1, 0.15) is 30.0 Å². The molecule has 106 valence electrons. The molecule has 2 amide bonds. The minimum absolute atomic E-state index is 0.0929. The highest BCUT2D eigenvalue weighted by molar-refractivity contribution is 9.10. The van der Waals surface area contributed by atoms with Crippen molar-refractivity contribution >= 4 is 22.0 Å². The van der Waals surface area contributed by atoms with Gasteiger partial charge in [0.25, 0.3) is 0 Å². The first-order chi connectivity index (χ1) is 9.56. The van der Waals surface area contributed by atoms with Gasteiger partial charge in [-0.25, -0.2) is 4.79 Å². The maximum absolute atomic E-state index is 11.8. The van der Waals surface area contributed by atoms with Crippen molar-refractivity contribution in [1.29, 1.82) is 0 Å². The van der Waals surface area contributed by atoms with Gasteiger partial charge < -0.3 is 15.2 Å². The number of aromatic nitrogens is 1. The molecular weight excluding hydrogens is 322 g/mol. The Balaban J connectivity index is 1.87. The number of hydrogen-bond acceptors (Lipinski definition) is 3. The van der Waals surface area contributed by atoms with Gasteiger partial charge in [0, 0.05) is 10.5 Å².